The van der Waals surface area contributed by atoms with Crippen molar-refractivity contribution in [2.45, 2.75) is 44.3 Å². The Morgan fingerprint density at radius 3 is 2.85 bits per heavy atom. The average Bonchev–Trinajstić information content (AvgIpc) is 2.84. The third-order valence-corrected chi connectivity index (χ3v) is 3.72. The van der Waals surface area contributed by atoms with Gasteiger partial charge in [0.2, 0.25) is 11.9 Å². The Hall–Kier alpha value is -1.51. The lowest BCUT2D eigenvalue weighted by Gasteiger charge is -2.23. The molecule has 2 fully saturated rings. The summed E-state index contributed by atoms with van der Waals surface area (Å²) in [7, 11) is 0. The highest BCUT2D eigenvalue weighted by molar-refractivity contribution is 5.31. The lowest BCUT2D eigenvalue weighted by atomic mass is 10.1. The maximum atomic E-state index is 9.49. The van der Waals surface area contributed by atoms with E-state index in [1.165, 1.54) is 6.33 Å². The molecule has 4 N–H and O–H groups in total. The monoisotopic (exact) mass is 281 g/mol. The van der Waals surface area contributed by atoms with Gasteiger partial charge in [0.05, 0.1) is 12.1 Å². The van der Waals surface area contributed by atoms with E-state index < -0.39 is 5.79 Å². The van der Waals surface area contributed by atoms with Crippen molar-refractivity contribution < 1.29 is 14.6 Å². The number of aromatic nitrogens is 3. The predicted molar refractivity (Wildman–Crippen MR) is 70.7 cm³/mol. The van der Waals surface area contributed by atoms with Crippen LogP contribution in [0.4, 0.5) is 11.9 Å². The van der Waals surface area contributed by atoms with Crippen molar-refractivity contribution in [3.05, 3.63) is 6.33 Å². The zero-order valence-electron chi connectivity index (χ0n) is 11.5. The van der Waals surface area contributed by atoms with Gasteiger partial charge < -0.3 is 25.6 Å². The van der Waals surface area contributed by atoms with Gasteiger partial charge in [-0.1, -0.05) is 0 Å². The number of nitrogens with zero attached hydrogens (tertiary/aromatic N) is 3. The normalized spacial score (nSPS) is 35.0. The van der Waals surface area contributed by atoms with E-state index in [9.17, 15) is 5.11 Å². The van der Waals surface area contributed by atoms with Crippen LogP contribution in [0.15, 0.2) is 6.33 Å². The molecule has 0 unspecified atom stereocenters. The minimum absolute atomic E-state index is 0.0271. The molecular weight excluding hydrogens is 262 g/mol. The van der Waals surface area contributed by atoms with E-state index >= 15 is 0 Å². The topological polar surface area (TPSA) is 115 Å². The molecule has 4 atom stereocenters. The first-order valence-corrected chi connectivity index (χ1v) is 6.66. The van der Waals surface area contributed by atoms with Crippen LogP contribution in [0.5, 0.6) is 0 Å². The third-order valence-electron chi connectivity index (χ3n) is 3.72. The number of nitrogens with one attached hydrogen (secondary N) is 1. The number of hydrogen-bond acceptors (Lipinski definition) is 8. The Balaban J connectivity index is 1.77. The Labute approximate surface area is 116 Å². The van der Waals surface area contributed by atoms with Gasteiger partial charge in [-0.05, 0) is 20.3 Å². The minimum atomic E-state index is -0.638. The van der Waals surface area contributed by atoms with Crippen LogP contribution in [-0.2, 0) is 9.47 Å². The van der Waals surface area contributed by atoms with Gasteiger partial charge in [-0.15, -0.1) is 0 Å². The summed E-state index contributed by atoms with van der Waals surface area (Å²) in [5, 5.41) is 12.7. The molecule has 0 radical (unpaired) electrons. The number of rotatable bonds is 3. The van der Waals surface area contributed by atoms with E-state index in [2.05, 4.69) is 20.3 Å². The number of aliphatic hydroxyl groups excluding tert-OH is 1. The van der Waals surface area contributed by atoms with Crippen molar-refractivity contribution >= 4 is 11.9 Å². The first-order chi connectivity index (χ1) is 9.48. The number of nitrogen functional groups attached to an aromatic ring is 1. The molecule has 20 heavy (non-hydrogen) atoms. The van der Waals surface area contributed by atoms with E-state index in [-0.39, 0.29) is 36.7 Å². The van der Waals surface area contributed by atoms with Crippen LogP contribution in [0.25, 0.3) is 0 Å². The molecule has 0 bridgehead atoms. The molecule has 0 amide bonds. The molecule has 2 heterocycles. The van der Waals surface area contributed by atoms with Gasteiger partial charge in [0.25, 0.3) is 0 Å². The molecule has 2 aliphatic rings. The molecule has 110 valence electrons. The Morgan fingerprint density at radius 1 is 1.40 bits per heavy atom. The van der Waals surface area contributed by atoms with Crippen molar-refractivity contribution in [3.63, 3.8) is 0 Å². The first-order valence-electron chi connectivity index (χ1n) is 6.66. The first kappa shape index (κ1) is 13.5. The fraction of sp³-hybridized carbons (Fsp3) is 0.750. The Kier molecular flexibility index (Phi) is 3.23. The summed E-state index contributed by atoms with van der Waals surface area (Å²) in [6, 6.07) is -0.0271. The van der Waals surface area contributed by atoms with Crippen LogP contribution in [0.3, 0.4) is 0 Å². The molecule has 1 aromatic rings. The minimum Gasteiger partial charge on any atom is -0.396 e. The summed E-state index contributed by atoms with van der Waals surface area (Å²) >= 11 is 0. The van der Waals surface area contributed by atoms with Crippen LogP contribution in [0.2, 0.25) is 0 Å². The quantitative estimate of drug-likeness (QED) is 0.695. The molecule has 1 aromatic heterocycles. The zero-order chi connectivity index (χ0) is 14.3. The molecule has 8 nitrogen and oxygen atoms in total. The fourth-order valence-electron chi connectivity index (χ4n) is 2.95. The number of nitrogens with two attached hydrogens (primary N) is 1. The van der Waals surface area contributed by atoms with Crippen LogP contribution in [-0.4, -0.2) is 50.7 Å². The molecule has 1 saturated carbocycles. The second-order valence-electron chi connectivity index (χ2n) is 5.66. The second-order valence-corrected chi connectivity index (χ2v) is 5.66. The molecule has 1 aliphatic heterocycles. The number of aliphatic hydroxyl groups is 1. The van der Waals surface area contributed by atoms with Crippen LogP contribution in [0, 0.1) is 5.92 Å². The SMILES string of the molecule is CC1(C)O[C@@H]2[C@@H](CO)C[C@@H](Nc3ncnc(N)n3)[C@@H]2O1. The van der Waals surface area contributed by atoms with Gasteiger partial charge in [0.15, 0.2) is 5.79 Å². The third kappa shape index (κ3) is 2.41. The molecule has 0 spiro atoms. The second kappa shape index (κ2) is 4.80. The lowest BCUT2D eigenvalue weighted by molar-refractivity contribution is -0.158. The largest absolute Gasteiger partial charge is 0.396 e. The van der Waals surface area contributed by atoms with Gasteiger partial charge >= 0.3 is 0 Å². The van der Waals surface area contributed by atoms with Gasteiger partial charge in [-0.2, -0.15) is 4.98 Å². The molecular formula is C12H19N5O3. The highest BCUT2D eigenvalue weighted by Gasteiger charge is 2.53. The van der Waals surface area contributed by atoms with Crippen LogP contribution < -0.4 is 11.1 Å². The standard InChI is InChI=1S/C12H19N5O3/c1-12(2)19-8-6(4-18)3-7(9(8)20-12)16-11-15-5-14-10(13)17-11/h5-9,18H,3-4H2,1-2H3,(H3,13,14,15,16,17)/t6-,7-,8-,9+/m1/s1. The average molecular weight is 281 g/mol. The van der Waals surface area contributed by atoms with Gasteiger partial charge in [-0.3, -0.25) is 0 Å². The zero-order valence-corrected chi connectivity index (χ0v) is 11.5. The smallest absolute Gasteiger partial charge is 0.227 e. The van der Waals surface area contributed by atoms with E-state index in [0.29, 0.717) is 5.95 Å². The van der Waals surface area contributed by atoms with Crippen LogP contribution >= 0.6 is 0 Å². The summed E-state index contributed by atoms with van der Waals surface area (Å²) in [6.45, 7) is 3.81. The van der Waals surface area contributed by atoms with E-state index in [0.717, 1.165) is 6.42 Å². The van der Waals surface area contributed by atoms with Gasteiger partial charge in [0, 0.05) is 12.5 Å². The van der Waals surface area contributed by atoms with E-state index in [4.69, 9.17) is 15.2 Å². The number of hydrogen-bond donors (Lipinski definition) is 3. The van der Waals surface area contributed by atoms with Crippen molar-refractivity contribution in [2.75, 3.05) is 17.7 Å². The van der Waals surface area contributed by atoms with E-state index in [1.54, 1.807) is 0 Å². The van der Waals surface area contributed by atoms with Crippen molar-refractivity contribution in [1.82, 2.24) is 15.0 Å². The molecule has 1 aliphatic carbocycles. The summed E-state index contributed by atoms with van der Waals surface area (Å²) in [4.78, 5) is 11.8. The maximum absolute atomic E-state index is 9.49. The van der Waals surface area contributed by atoms with Crippen molar-refractivity contribution in [3.8, 4) is 0 Å². The highest BCUT2D eigenvalue weighted by Crippen LogP contribution is 2.42. The predicted octanol–water partition coefficient (Wildman–Crippen LogP) is -0.233. The summed E-state index contributed by atoms with van der Waals surface area (Å²) in [5.41, 5.74) is 5.54. The lowest BCUT2D eigenvalue weighted by Crippen LogP contribution is -2.35. The molecule has 0 aromatic carbocycles. The summed E-state index contributed by atoms with van der Waals surface area (Å²) in [5.74, 6) is -0.0207. The van der Waals surface area contributed by atoms with Crippen molar-refractivity contribution in [2.24, 2.45) is 5.92 Å². The molecule has 3 rings (SSSR count). The van der Waals surface area contributed by atoms with Crippen molar-refractivity contribution in [1.29, 1.82) is 0 Å². The number of fused-ring (bicyclic) bond motifs is 1. The maximum Gasteiger partial charge on any atom is 0.227 e. The fourth-order valence-corrected chi connectivity index (χ4v) is 2.95. The van der Waals surface area contributed by atoms with Crippen LogP contribution in [0.1, 0.15) is 20.3 Å². The molecule has 1 saturated heterocycles. The number of ether oxygens (including phenoxy) is 2. The van der Waals surface area contributed by atoms with E-state index in [1.807, 2.05) is 13.8 Å². The summed E-state index contributed by atoms with van der Waals surface area (Å²) < 4.78 is 11.8. The molecule has 8 heteroatoms. The summed E-state index contributed by atoms with van der Waals surface area (Å²) in [6.07, 6.45) is 1.83. The Morgan fingerprint density at radius 2 is 2.15 bits per heavy atom. The van der Waals surface area contributed by atoms with Gasteiger partial charge in [0.1, 0.15) is 12.4 Å². The Bertz CT molecular complexity index is 498. The van der Waals surface area contributed by atoms with Gasteiger partial charge in [-0.25, -0.2) is 9.97 Å². The number of anilines is 2. The highest BCUT2D eigenvalue weighted by atomic mass is 16.8.